The van der Waals surface area contributed by atoms with Crippen LogP contribution in [0.3, 0.4) is 0 Å². The molecule has 4 nitrogen and oxygen atoms in total. The number of aromatic hydroxyl groups is 1. The molecule has 2 aromatic carbocycles. The highest BCUT2D eigenvalue weighted by Gasteiger charge is 2.15. The van der Waals surface area contributed by atoms with Crippen molar-refractivity contribution < 1.29 is 15.0 Å². The monoisotopic (exact) mass is 245 g/mol. The van der Waals surface area contributed by atoms with E-state index < -0.39 is 0 Å². The van der Waals surface area contributed by atoms with Gasteiger partial charge >= 0.3 is 0 Å². The Kier molecular flexibility index (Phi) is 3.48. The van der Waals surface area contributed by atoms with E-state index in [1.807, 2.05) is 12.1 Å². The van der Waals surface area contributed by atoms with Crippen molar-refractivity contribution in [2.24, 2.45) is 0 Å². The van der Waals surface area contributed by atoms with Gasteiger partial charge in [0.2, 0.25) is 0 Å². The summed E-state index contributed by atoms with van der Waals surface area (Å²) in [5.74, 6) is -0.421. The lowest BCUT2D eigenvalue weighted by atomic mass is 10.0. The van der Waals surface area contributed by atoms with Gasteiger partial charge in [-0.3, -0.25) is 4.79 Å². The summed E-state index contributed by atoms with van der Waals surface area (Å²) in [5.41, 5.74) is 0.217. The van der Waals surface area contributed by atoms with Crippen LogP contribution in [-0.2, 0) is 0 Å². The molecule has 0 bridgehead atoms. The molecule has 1 atom stereocenters. The predicted molar refractivity (Wildman–Crippen MR) is 69.6 cm³/mol. The molecule has 3 N–H and O–H groups in total. The Labute approximate surface area is 105 Å². The third-order valence-electron chi connectivity index (χ3n) is 2.80. The number of fused-ring (bicyclic) bond motifs is 1. The summed E-state index contributed by atoms with van der Waals surface area (Å²) < 4.78 is 0. The largest absolute Gasteiger partial charge is 0.506 e. The summed E-state index contributed by atoms with van der Waals surface area (Å²) >= 11 is 0. The molecule has 0 saturated carbocycles. The molecular formula is C14H15NO3. The maximum Gasteiger partial charge on any atom is 0.255 e. The molecular weight excluding hydrogens is 230 g/mol. The summed E-state index contributed by atoms with van der Waals surface area (Å²) in [7, 11) is 0. The molecule has 0 saturated heterocycles. The fraction of sp³-hybridized carbons (Fsp3) is 0.214. The molecule has 1 amide bonds. The molecule has 0 spiro atoms. The van der Waals surface area contributed by atoms with Gasteiger partial charge in [0.1, 0.15) is 5.75 Å². The number of amides is 1. The van der Waals surface area contributed by atoms with Crippen LogP contribution in [-0.4, -0.2) is 28.8 Å². The van der Waals surface area contributed by atoms with Crippen LogP contribution >= 0.6 is 0 Å². The molecule has 0 aliphatic rings. The summed E-state index contributed by atoms with van der Waals surface area (Å²) in [4.78, 5) is 11.9. The van der Waals surface area contributed by atoms with Crippen LogP contribution in [0.4, 0.5) is 0 Å². The second-order valence-electron chi connectivity index (χ2n) is 4.24. The molecule has 2 rings (SSSR count). The van der Waals surface area contributed by atoms with E-state index in [1.165, 1.54) is 0 Å². The third-order valence-corrected chi connectivity index (χ3v) is 2.80. The van der Waals surface area contributed by atoms with Gasteiger partial charge in [-0.05, 0) is 18.4 Å². The maximum atomic E-state index is 11.9. The minimum atomic E-state index is -0.389. The number of aliphatic hydroxyl groups excluding tert-OH is 1. The molecule has 0 aromatic heterocycles. The SMILES string of the molecule is CC(CO)NC(=O)c1ccc2ccccc2c1O. The lowest BCUT2D eigenvalue weighted by Crippen LogP contribution is -2.35. The lowest BCUT2D eigenvalue weighted by molar-refractivity contribution is 0.0920. The number of hydrogen-bond acceptors (Lipinski definition) is 3. The van der Waals surface area contributed by atoms with Crippen molar-refractivity contribution in [2.75, 3.05) is 6.61 Å². The Hall–Kier alpha value is -2.07. The molecule has 18 heavy (non-hydrogen) atoms. The van der Waals surface area contributed by atoms with E-state index in [0.29, 0.717) is 5.39 Å². The van der Waals surface area contributed by atoms with Gasteiger partial charge in [-0.15, -0.1) is 0 Å². The smallest absolute Gasteiger partial charge is 0.255 e. The van der Waals surface area contributed by atoms with Gasteiger partial charge in [0, 0.05) is 11.4 Å². The standard InChI is InChI=1S/C14H15NO3/c1-9(8-16)15-14(18)12-7-6-10-4-2-3-5-11(10)13(12)17/h2-7,9,16-17H,8H2,1H3,(H,15,18). The first-order chi connectivity index (χ1) is 8.63. The van der Waals surface area contributed by atoms with Crippen LogP contribution in [0.1, 0.15) is 17.3 Å². The van der Waals surface area contributed by atoms with E-state index in [-0.39, 0.29) is 29.9 Å². The number of phenolic OH excluding ortho intramolecular Hbond substituents is 1. The molecule has 0 fully saturated rings. The molecule has 2 aromatic rings. The van der Waals surface area contributed by atoms with Gasteiger partial charge in [-0.25, -0.2) is 0 Å². The van der Waals surface area contributed by atoms with Crippen molar-refractivity contribution in [2.45, 2.75) is 13.0 Å². The second-order valence-corrected chi connectivity index (χ2v) is 4.24. The highest BCUT2D eigenvalue weighted by molar-refractivity contribution is 6.03. The normalized spacial score (nSPS) is 12.3. The maximum absolute atomic E-state index is 11.9. The van der Waals surface area contributed by atoms with Crippen molar-refractivity contribution in [3.05, 3.63) is 42.0 Å². The predicted octanol–water partition coefficient (Wildman–Crippen LogP) is 1.66. The van der Waals surface area contributed by atoms with Crippen molar-refractivity contribution >= 4 is 16.7 Å². The van der Waals surface area contributed by atoms with Crippen LogP contribution in [0, 0.1) is 0 Å². The minimum absolute atomic E-state index is 0.0317. The van der Waals surface area contributed by atoms with Gasteiger partial charge in [-0.2, -0.15) is 0 Å². The molecule has 0 aliphatic heterocycles. The topological polar surface area (TPSA) is 69.6 Å². The first-order valence-corrected chi connectivity index (χ1v) is 5.76. The summed E-state index contributed by atoms with van der Waals surface area (Å²) in [6.07, 6.45) is 0. The number of benzene rings is 2. The van der Waals surface area contributed by atoms with Crippen LogP contribution in [0.5, 0.6) is 5.75 Å². The number of carbonyl (C=O) groups excluding carboxylic acids is 1. The highest BCUT2D eigenvalue weighted by Crippen LogP contribution is 2.28. The van der Waals surface area contributed by atoms with Crippen LogP contribution < -0.4 is 5.32 Å². The molecule has 1 unspecified atom stereocenters. The Bertz CT molecular complexity index is 580. The summed E-state index contributed by atoms with van der Waals surface area (Å²) in [6, 6.07) is 10.3. The summed E-state index contributed by atoms with van der Waals surface area (Å²) in [5, 5.41) is 23.1. The van der Waals surface area contributed by atoms with Gasteiger partial charge in [0.15, 0.2) is 0 Å². The zero-order valence-corrected chi connectivity index (χ0v) is 10.1. The van der Waals surface area contributed by atoms with Crippen molar-refractivity contribution in [1.29, 1.82) is 0 Å². The summed E-state index contributed by atoms with van der Waals surface area (Å²) in [6.45, 7) is 1.55. The number of nitrogens with one attached hydrogen (secondary N) is 1. The number of carbonyl (C=O) groups is 1. The van der Waals surface area contributed by atoms with E-state index in [2.05, 4.69) is 5.32 Å². The molecule has 0 heterocycles. The highest BCUT2D eigenvalue weighted by atomic mass is 16.3. The van der Waals surface area contributed by atoms with Gasteiger partial charge in [-0.1, -0.05) is 30.3 Å². The van der Waals surface area contributed by atoms with E-state index in [9.17, 15) is 9.90 Å². The Balaban J connectivity index is 2.40. The van der Waals surface area contributed by atoms with Gasteiger partial charge < -0.3 is 15.5 Å². The molecule has 94 valence electrons. The van der Waals surface area contributed by atoms with E-state index in [1.54, 1.807) is 31.2 Å². The van der Waals surface area contributed by atoms with E-state index in [4.69, 9.17) is 5.11 Å². The fourth-order valence-corrected chi connectivity index (χ4v) is 1.79. The zero-order valence-electron chi connectivity index (χ0n) is 10.1. The van der Waals surface area contributed by atoms with Crippen LogP contribution in [0.2, 0.25) is 0 Å². The van der Waals surface area contributed by atoms with Crippen LogP contribution in [0.15, 0.2) is 36.4 Å². The minimum Gasteiger partial charge on any atom is -0.506 e. The van der Waals surface area contributed by atoms with Crippen molar-refractivity contribution in [3.8, 4) is 5.75 Å². The quantitative estimate of drug-likeness (QED) is 0.770. The van der Waals surface area contributed by atoms with E-state index in [0.717, 1.165) is 5.39 Å². The number of aliphatic hydroxyl groups is 1. The molecule has 4 heteroatoms. The zero-order chi connectivity index (χ0) is 13.1. The molecule has 0 aliphatic carbocycles. The number of phenols is 1. The lowest BCUT2D eigenvalue weighted by Gasteiger charge is -2.12. The van der Waals surface area contributed by atoms with Crippen molar-refractivity contribution in [3.63, 3.8) is 0 Å². The first kappa shape index (κ1) is 12.4. The number of rotatable bonds is 3. The first-order valence-electron chi connectivity index (χ1n) is 5.76. The van der Waals surface area contributed by atoms with Gasteiger partial charge in [0.05, 0.1) is 12.2 Å². The van der Waals surface area contributed by atoms with E-state index >= 15 is 0 Å². The van der Waals surface area contributed by atoms with Gasteiger partial charge in [0.25, 0.3) is 5.91 Å². The third kappa shape index (κ3) is 2.28. The Morgan fingerprint density at radius 3 is 2.72 bits per heavy atom. The average molecular weight is 245 g/mol. The Morgan fingerprint density at radius 2 is 2.00 bits per heavy atom. The molecule has 0 radical (unpaired) electrons. The fourth-order valence-electron chi connectivity index (χ4n) is 1.79. The van der Waals surface area contributed by atoms with Crippen LogP contribution in [0.25, 0.3) is 10.8 Å². The number of hydrogen-bond donors (Lipinski definition) is 3. The Morgan fingerprint density at radius 1 is 1.28 bits per heavy atom. The van der Waals surface area contributed by atoms with Crippen molar-refractivity contribution in [1.82, 2.24) is 5.32 Å². The second kappa shape index (κ2) is 5.06. The average Bonchev–Trinajstić information content (AvgIpc) is 2.39.